The Bertz CT molecular complexity index is 1530. The van der Waals surface area contributed by atoms with Crippen molar-refractivity contribution in [3.05, 3.63) is 64.1 Å². The average Bonchev–Trinajstić information content (AvgIpc) is 3.33. The largest absolute Gasteiger partial charge is 0.337 e. The van der Waals surface area contributed by atoms with Crippen molar-refractivity contribution < 1.29 is 13.6 Å². The fourth-order valence-corrected chi connectivity index (χ4v) is 4.78. The van der Waals surface area contributed by atoms with E-state index in [-0.39, 0.29) is 33.4 Å². The fourth-order valence-electron chi connectivity index (χ4n) is 4.53. The maximum absolute atomic E-state index is 14.7. The summed E-state index contributed by atoms with van der Waals surface area (Å²) in [5, 5.41) is 13.8. The lowest BCUT2D eigenvalue weighted by Gasteiger charge is -2.26. The smallest absolute Gasteiger partial charge is 0.274 e. The van der Waals surface area contributed by atoms with Crippen molar-refractivity contribution in [1.29, 1.82) is 5.26 Å². The Morgan fingerprint density at radius 2 is 1.89 bits per heavy atom. The second-order valence-electron chi connectivity index (χ2n) is 8.60. The molecule has 0 spiro atoms. The monoisotopic (exact) mass is 494 g/mol. The first-order valence-electron chi connectivity index (χ1n) is 11.2. The third-order valence-electron chi connectivity index (χ3n) is 6.37. The molecule has 0 atom stereocenters. The first-order valence-corrected chi connectivity index (χ1v) is 11.6. The van der Waals surface area contributed by atoms with E-state index in [0.717, 1.165) is 23.9 Å². The Balaban J connectivity index is 1.75. The van der Waals surface area contributed by atoms with Gasteiger partial charge in [0.25, 0.3) is 5.91 Å². The highest BCUT2D eigenvalue weighted by atomic mass is 35.5. The number of rotatable bonds is 3. The van der Waals surface area contributed by atoms with Crippen LogP contribution in [-0.4, -0.2) is 43.2 Å². The second kappa shape index (κ2) is 8.78. The summed E-state index contributed by atoms with van der Waals surface area (Å²) in [6.07, 6.45) is 2.91. The van der Waals surface area contributed by atoms with Gasteiger partial charge in [-0.05, 0) is 56.5 Å². The van der Waals surface area contributed by atoms with Crippen LogP contribution in [0.1, 0.15) is 41.0 Å². The zero-order valence-corrected chi connectivity index (χ0v) is 19.9. The molecule has 1 aliphatic rings. The summed E-state index contributed by atoms with van der Waals surface area (Å²) in [5.74, 6) is -1.20. The number of carbonyl (C=O) groups excluding carboxylic acids is 1. The number of aryl methyl sites for hydroxylation is 1. The molecule has 3 heterocycles. The molecule has 0 bridgehead atoms. The minimum absolute atomic E-state index is 0.106. The predicted octanol–water partition coefficient (Wildman–Crippen LogP) is 5.16. The molecule has 5 rings (SSSR count). The van der Waals surface area contributed by atoms with E-state index in [1.54, 1.807) is 40.7 Å². The van der Waals surface area contributed by atoms with Gasteiger partial charge in [0.2, 0.25) is 5.95 Å². The van der Waals surface area contributed by atoms with Crippen LogP contribution in [0.5, 0.6) is 0 Å². The van der Waals surface area contributed by atoms with Gasteiger partial charge in [0.15, 0.2) is 0 Å². The van der Waals surface area contributed by atoms with E-state index in [0.29, 0.717) is 35.6 Å². The van der Waals surface area contributed by atoms with E-state index in [1.165, 1.54) is 19.2 Å². The lowest BCUT2D eigenvalue weighted by atomic mass is 10.1. The summed E-state index contributed by atoms with van der Waals surface area (Å²) >= 11 is 6.61. The molecule has 178 valence electrons. The Kier molecular flexibility index (Phi) is 5.77. The fraction of sp³-hybridized carbons (Fsp3) is 0.280. The molecule has 1 amide bonds. The number of nitriles is 1. The molecule has 1 saturated heterocycles. The highest BCUT2D eigenvalue weighted by Crippen LogP contribution is 2.34. The number of hydrogen-bond acceptors (Lipinski definition) is 4. The van der Waals surface area contributed by atoms with Gasteiger partial charge >= 0.3 is 0 Å². The minimum atomic E-state index is -0.707. The SMILES string of the molecule is Cc1c(C(=O)N2CCCCC2)nc(-c2ccc(C#N)c(F)c2)n1-c1cc2c(F)n(C)nc2cc1Cl. The lowest BCUT2D eigenvalue weighted by Crippen LogP contribution is -2.36. The summed E-state index contributed by atoms with van der Waals surface area (Å²) in [5.41, 5.74) is 1.72. The Morgan fingerprint density at radius 1 is 1.14 bits per heavy atom. The zero-order valence-electron chi connectivity index (χ0n) is 19.1. The lowest BCUT2D eigenvalue weighted by molar-refractivity contribution is 0.0718. The highest BCUT2D eigenvalue weighted by Gasteiger charge is 2.28. The number of aromatic nitrogens is 4. The molecule has 0 unspecified atom stereocenters. The van der Waals surface area contributed by atoms with Crippen molar-refractivity contribution in [2.75, 3.05) is 13.1 Å². The summed E-state index contributed by atoms with van der Waals surface area (Å²) in [6.45, 7) is 3.01. The van der Waals surface area contributed by atoms with E-state index in [1.807, 2.05) is 0 Å². The summed E-state index contributed by atoms with van der Waals surface area (Å²) in [6, 6.07) is 9.01. The normalized spacial score (nSPS) is 13.9. The van der Waals surface area contributed by atoms with Crippen molar-refractivity contribution in [1.82, 2.24) is 24.2 Å². The third kappa shape index (κ3) is 3.84. The van der Waals surface area contributed by atoms with Crippen LogP contribution in [-0.2, 0) is 7.05 Å². The molecule has 4 aromatic rings. The molecular weight excluding hydrogens is 474 g/mol. The number of fused-ring (bicyclic) bond motifs is 1. The quantitative estimate of drug-likeness (QED) is 0.394. The molecule has 0 radical (unpaired) electrons. The molecule has 10 heteroatoms. The van der Waals surface area contributed by atoms with E-state index < -0.39 is 11.8 Å². The number of benzene rings is 2. The van der Waals surface area contributed by atoms with Gasteiger partial charge in [-0.3, -0.25) is 9.36 Å². The van der Waals surface area contributed by atoms with E-state index in [4.69, 9.17) is 16.9 Å². The molecule has 2 aromatic heterocycles. The van der Waals surface area contributed by atoms with E-state index in [9.17, 15) is 13.6 Å². The first-order chi connectivity index (χ1) is 16.8. The van der Waals surface area contributed by atoms with Gasteiger partial charge in [-0.1, -0.05) is 11.6 Å². The predicted molar refractivity (Wildman–Crippen MR) is 127 cm³/mol. The van der Waals surface area contributed by atoms with Gasteiger partial charge in [0.1, 0.15) is 23.4 Å². The van der Waals surface area contributed by atoms with Gasteiger partial charge < -0.3 is 4.90 Å². The van der Waals surface area contributed by atoms with Crippen LogP contribution in [0.15, 0.2) is 30.3 Å². The van der Waals surface area contributed by atoms with Crippen LogP contribution in [0.4, 0.5) is 8.78 Å². The number of carbonyl (C=O) groups is 1. The molecule has 1 fully saturated rings. The van der Waals surface area contributed by atoms with E-state index in [2.05, 4.69) is 10.1 Å². The first kappa shape index (κ1) is 23.0. The Morgan fingerprint density at radius 3 is 2.57 bits per heavy atom. The van der Waals surface area contributed by atoms with Crippen molar-refractivity contribution in [2.45, 2.75) is 26.2 Å². The molecule has 0 saturated carbocycles. The number of piperidine rings is 1. The van der Waals surface area contributed by atoms with Crippen LogP contribution in [0.2, 0.25) is 5.02 Å². The topological polar surface area (TPSA) is 79.7 Å². The third-order valence-corrected chi connectivity index (χ3v) is 6.67. The van der Waals surface area contributed by atoms with Crippen LogP contribution in [0.3, 0.4) is 0 Å². The molecule has 2 aromatic carbocycles. The van der Waals surface area contributed by atoms with Crippen LogP contribution >= 0.6 is 11.6 Å². The minimum Gasteiger partial charge on any atom is -0.337 e. The van der Waals surface area contributed by atoms with Gasteiger partial charge in [-0.2, -0.15) is 14.8 Å². The van der Waals surface area contributed by atoms with Gasteiger partial charge in [0.05, 0.1) is 32.9 Å². The molecule has 0 aliphatic carbocycles. The summed E-state index contributed by atoms with van der Waals surface area (Å²) in [4.78, 5) is 19.8. The molecular formula is C25H21ClF2N6O. The maximum atomic E-state index is 14.7. The van der Waals surface area contributed by atoms with Crippen molar-refractivity contribution in [3.63, 3.8) is 0 Å². The molecule has 7 nitrogen and oxygen atoms in total. The molecule has 35 heavy (non-hydrogen) atoms. The molecule has 0 N–H and O–H groups in total. The van der Waals surface area contributed by atoms with Gasteiger partial charge in [0, 0.05) is 25.7 Å². The van der Waals surface area contributed by atoms with Crippen molar-refractivity contribution >= 4 is 28.4 Å². The van der Waals surface area contributed by atoms with Gasteiger partial charge in [-0.25, -0.2) is 14.1 Å². The average molecular weight is 495 g/mol. The number of hydrogen-bond donors (Lipinski definition) is 0. The zero-order chi connectivity index (χ0) is 24.9. The standard InChI is InChI=1S/C25H21ClF2N6O/c1-14-22(25(35)33-8-4-3-5-9-33)30-24(15-6-7-16(13-29)19(27)10-15)34(14)21-11-17-20(12-18(21)26)31-32(2)23(17)28/h6-7,10-12H,3-5,8-9H2,1-2H3. The number of nitrogens with zero attached hydrogens (tertiary/aromatic N) is 6. The van der Waals surface area contributed by atoms with Crippen LogP contribution in [0.25, 0.3) is 28.0 Å². The highest BCUT2D eigenvalue weighted by molar-refractivity contribution is 6.33. The maximum Gasteiger partial charge on any atom is 0.274 e. The van der Waals surface area contributed by atoms with Crippen molar-refractivity contribution in [2.24, 2.45) is 7.05 Å². The molecule has 1 aliphatic heterocycles. The van der Waals surface area contributed by atoms with Crippen LogP contribution in [0, 0.1) is 30.0 Å². The van der Waals surface area contributed by atoms with Crippen LogP contribution < -0.4 is 0 Å². The Hall–Kier alpha value is -3.77. The number of imidazole rings is 1. The number of likely N-dealkylation sites (tertiary alicyclic amines) is 1. The second-order valence-corrected chi connectivity index (χ2v) is 9.01. The van der Waals surface area contributed by atoms with E-state index >= 15 is 0 Å². The number of amides is 1. The number of halogens is 3. The van der Waals surface area contributed by atoms with Crippen molar-refractivity contribution in [3.8, 4) is 23.1 Å². The van der Waals surface area contributed by atoms with Gasteiger partial charge in [-0.15, -0.1) is 0 Å². The summed E-state index contributed by atoms with van der Waals surface area (Å²) in [7, 11) is 1.49. The summed E-state index contributed by atoms with van der Waals surface area (Å²) < 4.78 is 32.0. The Labute approximate surface area is 205 Å².